The molecular formula is C37H39GeNPSi. The number of para-hydroxylation sites is 1. The Morgan fingerprint density at radius 1 is 0.537 bits per heavy atom. The monoisotopic (exact) mass is 630 g/mol. The van der Waals surface area contributed by atoms with Crippen LogP contribution in [0.1, 0.15) is 50.7 Å². The fourth-order valence-electron chi connectivity index (χ4n) is 5.84. The van der Waals surface area contributed by atoms with Gasteiger partial charge in [-0.15, -0.1) is 0 Å². The van der Waals surface area contributed by atoms with Gasteiger partial charge in [-0.3, -0.25) is 0 Å². The Kier molecular flexibility index (Phi) is 9.65. The SMILES string of the molecule is CC(C)c1cccc(C(C)C)c1[N]([Ge])[Si](CP(c1ccccc1)c1ccccc1)(c1ccccc1)c1ccccc1. The molecule has 0 aliphatic rings. The first kappa shape index (κ1) is 29.6. The molecule has 0 heterocycles. The number of hydrogen-bond acceptors (Lipinski definition) is 1. The Morgan fingerprint density at radius 3 is 1.27 bits per heavy atom. The molecule has 5 aromatic carbocycles. The van der Waals surface area contributed by atoms with Crippen LogP contribution in [0.2, 0.25) is 0 Å². The van der Waals surface area contributed by atoms with E-state index in [-0.39, 0.29) is 0 Å². The summed E-state index contributed by atoms with van der Waals surface area (Å²) in [5.74, 6) is 1.94. The molecule has 4 heteroatoms. The third kappa shape index (κ3) is 6.16. The van der Waals surface area contributed by atoms with E-state index in [2.05, 4.69) is 187 Å². The molecule has 0 bridgehead atoms. The molecular weight excluding hydrogens is 590 g/mol. The molecule has 3 radical (unpaired) electrons. The van der Waals surface area contributed by atoms with E-state index in [0.717, 1.165) is 5.79 Å². The van der Waals surface area contributed by atoms with E-state index in [1.165, 1.54) is 37.8 Å². The average molecular weight is 629 g/mol. The van der Waals surface area contributed by atoms with Gasteiger partial charge in [0.1, 0.15) is 0 Å². The van der Waals surface area contributed by atoms with Gasteiger partial charge in [-0.25, -0.2) is 0 Å². The van der Waals surface area contributed by atoms with E-state index in [9.17, 15) is 0 Å². The molecule has 0 fully saturated rings. The van der Waals surface area contributed by atoms with E-state index in [0.29, 0.717) is 11.8 Å². The van der Waals surface area contributed by atoms with Crippen LogP contribution in [-0.4, -0.2) is 30.8 Å². The average Bonchev–Trinajstić information content (AvgIpc) is 3.02. The van der Waals surface area contributed by atoms with Gasteiger partial charge in [0.25, 0.3) is 0 Å². The fraction of sp³-hybridized carbons (Fsp3) is 0.189. The molecule has 41 heavy (non-hydrogen) atoms. The van der Waals surface area contributed by atoms with Crippen LogP contribution >= 0.6 is 7.92 Å². The summed E-state index contributed by atoms with van der Waals surface area (Å²) in [7, 11) is -3.25. The van der Waals surface area contributed by atoms with Crippen LogP contribution in [-0.2, 0) is 0 Å². The number of nitrogens with zero attached hydrogens (tertiary/aromatic N) is 1. The molecule has 5 rings (SSSR count). The first-order chi connectivity index (χ1) is 19.9. The number of hydrogen-bond donors (Lipinski definition) is 0. The second-order valence-electron chi connectivity index (χ2n) is 11.3. The number of benzene rings is 5. The fourth-order valence-corrected chi connectivity index (χ4v) is 19.0. The van der Waals surface area contributed by atoms with Gasteiger partial charge in [0.2, 0.25) is 0 Å². The van der Waals surface area contributed by atoms with E-state index in [1.807, 2.05) is 0 Å². The molecule has 0 amide bonds. The van der Waals surface area contributed by atoms with Gasteiger partial charge in [-0.2, -0.15) is 0 Å². The van der Waals surface area contributed by atoms with Crippen molar-refractivity contribution >= 4 is 59.6 Å². The quantitative estimate of drug-likeness (QED) is 0.116. The van der Waals surface area contributed by atoms with Crippen LogP contribution in [0.25, 0.3) is 0 Å². The molecule has 0 aliphatic carbocycles. The summed E-state index contributed by atoms with van der Waals surface area (Å²) in [6.07, 6.45) is 0. The van der Waals surface area contributed by atoms with E-state index >= 15 is 0 Å². The predicted octanol–water partition coefficient (Wildman–Crippen LogP) is 7.26. The number of rotatable bonds is 10. The molecule has 0 saturated carbocycles. The van der Waals surface area contributed by atoms with Gasteiger partial charge < -0.3 is 0 Å². The van der Waals surface area contributed by atoms with Crippen molar-refractivity contribution in [2.45, 2.75) is 39.5 Å². The molecule has 0 spiro atoms. The summed E-state index contributed by atoms with van der Waals surface area (Å²) < 4.78 is 2.78. The van der Waals surface area contributed by atoms with Crippen LogP contribution in [0.5, 0.6) is 0 Å². The second-order valence-corrected chi connectivity index (χ2v) is 19.6. The van der Waals surface area contributed by atoms with Crippen LogP contribution in [0.15, 0.2) is 140 Å². The zero-order valence-corrected chi connectivity index (χ0v) is 28.5. The van der Waals surface area contributed by atoms with Crippen LogP contribution in [0.3, 0.4) is 0 Å². The number of anilines is 1. The Bertz CT molecular complexity index is 1420. The Hall–Kier alpha value is -2.91. The van der Waals surface area contributed by atoms with Crippen molar-refractivity contribution in [3.63, 3.8) is 0 Å². The van der Waals surface area contributed by atoms with Crippen molar-refractivity contribution in [1.82, 2.24) is 0 Å². The van der Waals surface area contributed by atoms with Crippen molar-refractivity contribution in [2.75, 3.05) is 9.31 Å². The van der Waals surface area contributed by atoms with E-state index in [4.69, 9.17) is 0 Å². The van der Waals surface area contributed by atoms with Crippen LogP contribution in [0, 0.1) is 0 Å². The summed E-state index contributed by atoms with van der Waals surface area (Å²) in [5.41, 5.74) is 4.30. The van der Waals surface area contributed by atoms with Gasteiger partial charge in [-0.1, -0.05) is 0 Å². The van der Waals surface area contributed by atoms with E-state index in [1.54, 1.807) is 0 Å². The first-order valence-electron chi connectivity index (χ1n) is 14.6. The Morgan fingerprint density at radius 2 is 0.902 bits per heavy atom. The molecule has 0 saturated heterocycles. The standard InChI is InChI=1S/C37H39GeNPSi/c1-29(2)35-26-17-27-36(30(3)4)37(35)39(38)41(33-22-13-7-14-23-33,34-24-15-8-16-25-34)28-40(31-18-9-5-10-19-31)32-20-11-6-12-21-32/h5-27,29-30H,28H2,1-4H3. The summed E-state index contributed by atoms with van der Waals surface area (Å²) in [6.45, 7) is 9.36. The molecule has 0 N–H and O–H groups in total. The normalized spacial score (nSPS) is 11.8. The van der Waals surface area contributed by atoms with Crippen molar-refractivity contribution in [2.24, 2.45) is 0 Å². The molecule has 5 aromatic rings. The third-order valence-corrected chi connectivity index (χ3v) is 19.3. The Labute approximate surface area is 258 Å². The van der Waals surface area contributed by atoms with Crippen molar-refractivity contribution < 1.29 is 0 Å². The van der Waals surface area contributed by atoms with E-state index < -0.39 is 16.2 Å². The maximum atomic E-state index is 2.78. The zero-order chi connectivity index (χ0) is 28.8. The summed E-state index contributed by atoms with van der Waals surface area (Å²) in [6, 6.07) is 52.3. The van der Waals surface area contributed by atoms with Crippen molar-refractivity contribution in [3.8, 4) is 0 Å². The Balaban J connectivity index is 1.85. The van der Waals surface area contributed by atoms with Crippen molar-refractivity contribution in [3.05, 3.63) is 151 Å². The third-order valence-electron chi connectivity index (χ3n) is 7.97. The van der Waals surface area contributed by atoms with Gasteiger partial charge in [0, 0.05) is 0 Å². The maximum absolute atomic E-state index is 2.78. The molecule has 0 aliphatic heterocycles. The predicted molar refractivity (Wildman–Crippen MR) is 185 cm³/mol. The van der Waals surface area contributed by atoms with Gasteiger partial charge in [-0.05, 0) is 0 Å². The molecule has 205 valence electrons. The second kappa shape index (κ2) is 13.4. The van der Waals surface area contributed by atoms with Gasteiger partial charge in [0.15, 0.2) is 0 Å². The van der Waals surface area contributed by atoms with Crippen LogP contribution < -0.4 is 24.5 Å². The van der Waals surface area contributed by atoms with Gasteiger partial charge >= 0.3 is 259 Å². The summed E-state index contributed by atoms with van der Waals surface area (Å²) in [5, 5.41) is 5.79. The van der Waals surface area contributed by atoms with Crippen LogP contribution in [0.4, 0.5) is 5.69 Å². The first-order valence-corrected chi connectivity index (χ1v) is 19.2. The topological polar surface area (TPSA) is 3.24 Å². The van der Waals surface area contributed by atoms with Gasteiger partial charge in [0.05, 0.1) is 0 Å². The molecule has 0 atom stereocenters. The minimum atomic E-state index is -2.61. The summed E-state index contributed by atoms with van der Waals surface area (Å²) >= 11 is 2.41. The molecule has 0 aromatic heterocycles. The minimum absolute atomic E-state index is 0.425. The van der Waals surface area contributed by atoms with Crippen molar-refractivity contribution in [1.29, 1.82) is 0 Å². The summed E-state index contributed by atoms with van der Waals surface area (Å²) in [4.78, 5) is 0. The molecule has 1 nitrogen and oxygen atoms in total. The molecule has 0 unspecified atom stereocenters. The zero-order valence-electron chi connectivity index (χ0n) is 24.5.